The summed E-state index contributed by atoms with van der Waals surface area (Å²) in [6.45, 7) is 1.35. The van der Waals surface area contributed by atoms with E-state index in [0.29, 0.717) is 40.7 Å². The molecular weight excluding hydrogens is 408 g/mol. The van der Waals surface area contributed by atoms with Gasteiger partial charge in [-0.25, -0.2) is 4.98 Å². The highest BCUT2D eigenvalue weighted by Gasteiger charge is 2.16. The van der Waals surface area contributed by atoms with Crippen molar-refractivity contribution in [2.45, 2.75) is 0 Å². The van der Waals surface area contributed by atoms with Crippen LogP contribution in [-0.4, -0.2) is 69.3 Å². The summed E-state index contributed by atoms with van der Waals surface area (Å²) < 4.78 is 16.3. The van der Waals surface area contributed by atoms with Gasteiger partial charge in [0.2, 0.25) is 5.75 Å². The van der Waals surface area contributed by atoms with Crippen LogP contribution in [0.3, 0.4) is 0 Å². The summed E-state index contributed by atoms with van der Waals surface area (Å²) >= 11 is 0. The molecule has 2 aromatic carbocycles. The molecule has 0 atom stereocenters. The summed E-state index contributed by atoms with van der Waals surface area (Å²) in [5, 5.41) is 2.93. The number of benzene rings is 2. The number of likely N-dealkylation sites (N-methyl/N-ethyl adjacent to an activating group) is 1. The van der Waals surface area contributed by atoms with Crippen LogP contribution in [0.4, 0.5) is 0 Å². The maximum Gasteiger partial charge on any atom is 0.251 e. The third kappa shape index (κ3) is 5.33. The van der Waals surface area contributed by atoms with E-state index in [1.807, 2.05) is 49.3 Å². The molecule has 1 aromatic heterocycles. The average Bonchev–Trinajstić information content (AvgIpc) is 2.82. The smallest absolute Gasteiger partial charge is 0.251 e. The molecule has 0 aliphatic carbocycles. The van der Waals surface area contributed by atoms with E-state index in [2.05, 4.69) is 10.3 Å². The summed E-state index contributed by atoms with van der Waals surface area (Å²) in [5.74, 6) is 1.45. The third-order valence-electron chi connectivity index (χ3n) is 4.86. The van der Waals surface area contributed by atoms with Gasteiger partial charge < -0.3 is 24.4 Å². The lowest BCUT2D eigenvalue weighted by Crippen LogP contribution is -2.31. The van der Waals surface area contributed by atoms with Gasteiger partial charge >= 0.3 is 0 Å². The fourth-order valence-corrected chi connectivity index (χ4v) is 3.19. The first-order valence-electron chi connectivity index (χ1n) is 10.1. The van der Waals surface area contributed by atoms with Gasteiger partial charge in [0, 0.05) is 29.8 Å². The molecule has 8 nitrogen and oxygen atoms in total. The molecule has 0 saturated carbocycles. The second kappa shape index (κ2) is 10.6. The Kier molecular flexibility index (Phi) is 7.62. The molecule has 168 valence electrons. The molecule has 3 aromatic rings. The van der Waals surface area contributed by atoms with E-state index in [-0.39, 0.29) is 5.91 Å². The fourth-order valence-electron chi connectivity index (χ4n) is 3.19. The van der Waals surface area contributed by atoms with Crippen molar-refractivity contribution in [3.63, 3.8) is 0 Å². The Hall–Kier alpha value is -3.65. The largest absolute Gasteiger partial charge is 0.493 e. The highest BCUT2D eigenvalue weighted by atomic mass is 16.5. The predicted molar refractivity (Wildman–Crippen MR) is 123 cm³/mol. The SMILES string of the molecule is COc1cc(-c2cncc(-c3cccc(C(=O)NCCN(C)C)c3)n2)cc(OC)c1OC. The minimum atomic E-state index is -0.123. The molecule has 0 saturated heterocycles. The fraction of sp³-hybridized carbons (Fsp3) is 0.292. The summed E-state index contributed by atoms with van der Waals surface area (Å²) in [6.07, 6.45) is 3.34. The molecule has 0 bridgehead atoms. The number of ether oxygens (including phenoxy) is 3. The van der Waals surface area contributed by atoms with E-state index in [9.17, 15) is 4.79 Å². The van der Waals surface area contributed by atoms with E-state index in [0.717, 1.165) is 17.7 Å². The zero-order chi connectivity index (χ0) is 23.1. The number of nitrogens with one attached hydrogen (secondary N) is 1. The molecule has 1 amide bonds. The molecule has 0 unspecified atom stereocenters. The Morgan fingerprint density at radius 1 is 0.938 bits per heavy atom. The molecule has 8 heteroatoms. The Morgan fingerprint density at radius 3 is 2.19 bits per heavy atom. The van der Waals surface area contributed by atoms with Gasteiger partial charge in [-0.2, -0.15) is 0 Å². The Labute approximate surface area is 188 Å². The van der Waals surface area contributed by atoms with Crippen molar-refractivity contribution in [2.24, 2.45) is 0 Å². The van der Waals surface area contributed by atoms with E-state index >= 15 is 0 Å². The monoisotopic (exact) mass is 436 g/mol. The van der Waals surface area contributed by atoms with E-state index in [1.54, 1.807) is 39.8 Å². The van der Waals surface area contributed by atoms with Gasteiger partial charge in [0.05, 0.1) is 45.1 Å². The Balaban J connectivity index is 1.91. The van der Waals surface area contributed by atoms with E-state index in [4.69, 9.17) is 19.2 Å². The van der Waals surface area contributed by atoms with Crippen molar-refractivity contribution < 1.29 is 19.0 Å². The number of carbonyl (C=O) groups excluding carboxylic acids is 1. The van der Waals surface area contributed by atoms with Crippen LogP contribution in [0.15, 0.2) is 48.8 Å². The van der Waals surface area contributed by atoms with Gasteiger partial charge in [-0.3, -0.25) is 9.78 Å². The van der Waals surface area contributed by atoms with Crippen molar-refractivity contribution >= 4 is 5.91 Å². The molecule has 1 heterocycles. The highest BCUT2D eigenvalue weighted by Crippen LogP contribution is 2.40. The molecule has 32 heavy (non-hydrogen) atoms. The van der Waals surface area contributed by atoms with Crippen LogP contribution >= 0.6 is 0 Å². The minimum absolute atomic E-state index is 0.123. The van der Waals surface area contributed by atoms with Crippen molar-refractivity contribution in [2.75, 3.05) is 48.5 Å². The number of rotatable bonds is 9. The summed E-state index contributed by atoms with van der Waals surface area (Å²) in [6, 6.07) is 11.0. The van der Waals surface area contributed by atoms with Crippen molar-refractivity contribution in [3.8, 4) is 39.8 Å². The number of methoxy groups -OCH3 is 3. The lowest BCUT2D eigenvalue weighted by atomic mass is 10.1. The van der Waals surface area contributed by atoms with Gasteiger partial charge in [0.25, 0.3) is 5.91 Å². The van der Waals surface area contributed by atoms with Crippen molar-refractivity contribution in [3.05, 3.63) is 54.4 Å². The molecule has 0 aliphatic rings. The van der Waals surface area contributed by atoms with Crippen LogP contribution in [-0.2, 0) is 0 Å². The average molecular weight is 437 g/mol. The van der Waals surface area contributed by atoms with E-state index in [1.165, 1.54) is 0 Å². The maximum absolute atomic E-state index is 12.5. The Bertz CT molecular complexity index is 1060. The standard InChI is InChI=1S/C24H28N4O4/c1-28(2)10-9-26-24(29)17-8-6-7-16(11-17)19-14-25-15-20(27-19)18-12-21(30-3)23(32-5)22(13-18)31-4/h6-8,11-15H,9-10H2,1-5H3,(H,26,29). The number of carbonyl (C=O) groups is 1. The highest BCUT2D eigenvalue weighted by molar-refractivity contribution is 5.95. The first kappa shape index (κ1) is 23.0. The lowest BCUT2D eigenvalue weighted by molar-refractivity contribution is 0.0951. The van der Waals surface area contributed by atoms with Gasteiger partial charge in [0.1, 0.15) is 0 Å². The second-order valence-corrected chi connectivity index (χ2v) is 7.34. The molecule has 1 N–H and O–H groups in total. The van der Waals surface area contributed by atoms with E-state index < -0.39 is 0 Å². The van der Waals surface area contributed by atoms with Crippen molar-refractivity contribution in [1.29, 1.82) is 0 Å². The van der Waals surface area contributed by atoms with Crippen LogP contribution in [0.1, 0.15) is 10.4 Å². The van der Waals surface area contributed by atoms with Crippen LogP contribution in [0.5, 0.6) is 17.2 Å². The molecule has 0 spiro atoms. The van der Waals surface area contributed by atoms with Crippen LogP contribution in [0, 0.1) is 0 Å². The zero-order valence-corrected chi connectivity index (χ0v) is 19.0. The molecule has 0 radical (unpaired) electrons. The number of aromatic nitrogens is 2. The first-order valence-corrected chi connectivity index (χ1v) is 10.1. The van der Waals surface area contributed by atoms with Crippen LogP contribution in [0.2, 0.25) is 0 Å². The second-order valence-electron chi connectivity index (χ2n) is 7.34. The van der Waals surface area contributed by atoms with Gasteiger partial charge in [-0.15, -0.1) is 0 Å². The number of nitrogens with zero attached hydrogens (tertiary/aromatic N) is 3. The zero-order valence-electron chi connectivity index (χ0n) is 19.0. The summed E-state index contributed by atoms with van der Waals surface area (Å²) in [7, 11) is 8.62. The van der Waals surface area contributed by atoms with Gasteiger partial charge in [0.15, 0.2) is 11.5 Å². The lowest BCUT2D eigenvalue weighted by Gasteiger charge is -2.14. The topological polar surface area (TPSA) is 85.8 Å². The van der Waals surface area contributed by atoms with Crippen LogP contribution in [0.25, 0.3) is 22.5 Å². The number of amides is 1. The first-order chi connectivity index (χ1) is 15.5. The van der Waals surface area contributed by atoms with Gasteiger partial charge in [-0.05, 0) is 38.4 Å². The maximum atomic E-state index is 12.5. The summed E-state index contributed by atoms with van der Waals surface area (Å²) in [4.78, 5) is 23.6. The molecule has 3 rings (SSSR count). The quantitative estimate of drug-likeness (QED) is 0.552. The summed E-state index contributed by atoms with van der Waals surface area (Å²) in [5.41, 5.74) is 3.43. The minimum Gasteiger partial charge on any atom is -0.493 e. The third-order valence-corrected chi connectivity index (χ3v) is 4.86. The van der Waals surface area contributed by atoms with Crippen molar-refractivity contribution in [1.82, 2.24) is 20.2 Å². The van der Waals surface area contributed by atoms with Gasteiger partial charge in [-0.1, -0.05) is 12.1 Å². The number of hydrogen-bond acceptors (Lipinski definition) is 7. The Morgan fingerprint density at radius 2 is 1.59 bits per heavy atom. The number of hydrogen-bond donors (Lipinski definition) is 1. The molecule has 0 fully saturated rings. The van der Waals surface area contributed by atoms with Crippen LogP contribution < -0.4 is 19.5 Å². The predicted octanol–water partition coefficient (Wildman–Crippen LogP) is 3.13. The normalized spacial score (nSPS) is 10.7. The molecular formula is C24H28N4O4. The molecule has 0 aliphatic heterocycles.